The van der Waals surface area contributed by atoms with Crippen molar-refractivity contribution in [3.8, 4) is 11.5 Å². The highest BCUT2D eigenvalue weighted by Crippen LogP contribution is 2.23. The fourth-order valence-corrected chi connectivity index (χ4v) is 1.37. The van der Waals surface area contributed by atoms with Crippen molar-refractivity contribution in [2.75, 3.05) is 6.61 Å². The van der Waals surface area contributed by atoms with E-state index in [1.54, 1.807) is 12.1 Å². The van der Waals surface area contributed by atoms with Crippen LogP contribution in [0, 0.1) is 0 Å². The molecule has 0 atom stereocenters. The van der Waals surface area contributed by atoms with E-state index in [1.165, 1.54) is 6.07 Å². The van der Waals surface area contributed by atoms with Crippen molar-refractivity contribution in [1.29, 1.82) is 0 Å². The summed E-state index contributed by atoms with van der Waals surface area (Å²) in [6, 6.07) is 4.64. The molecule has 0 aliphatic carbocycles. The Morgan fingerprint density at radius 1 is 1.00 bits per heavy atom. The topological polar surface area (TPSA) is 60.7 Å². The molecule has 1 aromatic rings. The average molecular weight is 196 g/mol. The highest BCUT2D eigenvalue weighted by Gasteiger charge is 2.01. The molecule has 3 nitrogen and oxygen atoms in total. The predicted octanol–water partition coefficient (Wildman–Crippen LogP) is 1.80. The number of aromatic hydroxyl groups is 2. The summed E-state index contributed by atoms with van der Waals surface area (Å²) >= 11 is 0. The number of aliphatic hydroxyl groups is 1. The first-order chi connectivity index (χ1) is 6.74. The first kappa shape index (κ1) is 10.9. The van der Waals surface area contributed by atoms with Gasteiger partial charge in [0.2, 0.25) is 0 Å². The maximum absolute atomic E-state index is 9.44. The van der Waals surface area contributed by atoms with Crippen molar-refractivity contribution >= 4 is 0 Å². The Morgan fingerprint density at radius 2 is 1.79 bits per heavy atom. The summed E-state index contributed by atoms with van der Waals surface area (Å²) in [5.41, 5.74) is 0.848. The molecule has 78 valence electrons. The van der Waals surface area contributed by atoms with E-state index in [9.17, 15) is 5.11 Å². The van der Waals surface area contributed by atoms with Gasteiger partial charge in [-0.3, -0.25) is 0 Å². The van der Waals surface area contributed by atoms with Crippen LogP contribution in [0.5, 0.6) is 11.5 Å². The van der Waals surface area contributed by atoms with E-state index >= 15 is 0 Å². The number of phenols is 2. The Hall–Kier alpha value is -1.22. The van der Waals surface area contributed by atoms with E-state index < -0.39 is 0 Å². The Balaban J connectivity index is 2.42. The van der Waals surface area contributed by atoms with Crippen molar-refractivity contribution in [3.63, 3.8) is 0 Å². The zero-order valence-electron chi connectivity index (χ0n) is 8.11. The SMILES string of the molecule is OCCCCCc1ccc(O)cc1O. The van der Waals surface area contributed by atoms with Gasteiger partial charge in [-0.2, -0.15) is 0 Å². The van der Waals surface area contributed by atoms with Crippen LogP contribution < -0.4 is 0 Å². The van der Waals surface area contributed by atoms with Crippen molar-refractivity contribution < 1.29 is 15.3 Å². The third kappa shape index (κ3) is 3.26. The first-order valence-electron chi connectivity index (χ1n) is 4.86. The van der Waals surface area contributed by atoms with Gasteiger partial charge in [-0.1, -0.05) is 12.5 Å². The Kier molecular flexibility index (Phi) is 4.26. The number of aryl methyl sites for hydroxylation is 1. The minimum Gasteiger partial charge on any atom is -0.508 e. The third-order valence-corrected chi connectivity index (χ3v) is 2.17. The van der Waals surface area contributed by atoms with E-state index in [-0.39, 0.29) is 18.1 Å². The fraction of sp³-hybridized carbons (Fsp3) is 0.455. The van der Waals surface area contributed by atoms with E-state index in [0.717, 1.165) is 31.2 Å². The Morgan fingerprint density at radius 3 is 2.43 bits per heavy atom. The number of aliphatic hydroxyl groups excluding tert-OH is 1. The molecule has 14 heavy (non-hydrogen) atoms. The van der Waals surface area contributed by atoms with Gasteiger partial charge in [-0.05, 0) is 30.9 Å². The largest absolute Gasteiger partial charge is 0.508 e. The van der Waals surface area contributed by atoms with E-state index in [1.807, 2.05) is 0 Å². The van der Waals surface area contributed by atoms with E-state index in [2.05, 4.69) is 0 Å². The maximum atomic E-state index is 9.44. The van der Waals surface area contributed by atoms with Crippen molar-refractivity contribution in [2.45, 2.75) is 25.7 Å². The molecular formula is C11H16O3. The van der Waals surface area contributed by atoms with Crippen molar-refractivity contribution in [1.82, 2.24) is 0 Å². The molecule has 0 spiro atoms. The van der Waals surface area contributed by atoms with Crippen LogP contribution in [0.1, 0.15) is 24.8 Å². The van der Waals surface area contributed by atoms with Gasteiger partial charge in [0.05, 0.1) is 0 Å². The van der Waals surface area contributed by atoms with Crippen LogP contribution in [0.2, 0.25) is 0 Å². The number of hydrogen-bond acceptors (Lipinski definition) is 3. The van der Waals surface area contributed by atoms with Gasteiger partial charge in [0, 0.05) is 12.7 Å². The number of phenolic OH excluding ortho intramolecular Hbond substituents is 2. The summed E-state index contributed by atoms with van der Waals surface area (Å²) in [5, 5.41) is 27.1. The zero-order chi connectivity index (χ0) is 10.4. The summed E-state index contributed by atoms with van der Waals surface area (Å²) in [7, 11) is 0. The van der Waals surface area contributed by atoms with Gasteiger partial charge in [-0.25, -0.2) is 0 Å². The summed E-state index contributed by atoms with van der Waals surface area (Å²) in [6.45, 7) is 0.224. The van der Waals surface area contributed by atoms with E-state index in [4.69, 9.17) is 10.2 Å². The quantitative estimate of drug-likeness (QED) is 0.629. The second kappa shape index (κ2) is 5.50. The minimum atomic E-state index is 0.0848. The van der Waals surface area contributed by atoms with Crippen molar-refractivity contribution in [3.05, 3.63) is 23.8 Å². The van der Waals surface area contributed by atoms with Gasteiger partial charge in [-0.15, -0.1) is 0 Å². The zero-order valence-corrected chi connectivity index (χ0v) is 8.11. The molecular weight excluding hydrogens is 180 g/mol. The normalized spacial score (nSPS) is 10.4. The lowest BCUT2D eigenvalue weighted by Gasteiger charge is -2.04. The lowest BCUT2D eigenvalue weighted by atomic mass is 10.1. The molecule has 0 aromatic heterocycles. The highest BCUT2D eigenvalue weighted by atomic mass is 16.3. The second-order valence-corrected chi connectivity index (χ2v) is 3.35. The van der Waals surface area contributed by atoms with Crippen molar-refractivity contribution in [2.24, 2.45) is 0 Å². The van der Waals surface area contributed by atoms with Gasteiger partial charge < -0.3 is 15.3 Å². The van der Waals surface area contributed by atoms with Crippen LogP contribution in [-0.2, 0) is 6.42 Å². The molecule has 3 N–H and O–H groups in total. The molecule has 0 amide bonds. The lowest BCUT2D eigenvalue weighted by Crippen LogP contribution is -1.88. The highest BCUT2D eigenvalue weighted by molar-refractivity contribution is 5.38. The second-order valence-electron chi connectivity index (χ2n) is 3.35. The lowest BCUT2D eigenvalue weighted by molar-refractivity contribution is 0.283. The third-order valence-electron chi connectivity index (χ3n) is 2.17. The number of benzene rings is 1. The standard InChI is InChI=1S/C11H16O3/c12-7-3-1-2-4-9-5-6-10(13)8-11(9)14/h5-6,8,12-14H,1-4,7H2. The number of unbranched alkanes of at least 4 members (excludes halogenated alkanes) is 2. The minimum absolute atomic E-state index is 0.0848. The maximum Gasteiger partial charge on any atom is 0.122 e. The van der Waals surface area contributed by atoms with Gasteiger partial charge in [0.25, 0.3) is 0 Å². The van der Waals surface area contributed by atoms with Gasteiger partial charge in [0.15, 0.2) is 0 Å². The molecule has 0 heterocycles. The molecule has 0 aliphatic rings. The molecule has 1 aromatic carbocycles. The van der Waals surface area contributed by atoms with Crippen LogP contribution in [0.25, 0.3) is 0 Å². The summed E-state index contributed by atoms with van der Waals surface area (Å²) in [5.74, 6) is 0.232. The summed E-state index contributed by atoms with van der Waals surface area (Å²) < 4.78 is 0. The smallest absolute Gasteiger partial charge is 0.122 e. The van der Waals surface area contributed by atoms with Gasteiger partial charge in [0.1, 0.15) is 11.5 Å². The molecule has 3 heteroatoms. The molecule has 0 aliphatic heterocycles. The van der Waals surface area contributed by atoms with Crippen LogP contribution in [0.4, 0.5) is 0 Å². The Labute approximate surface area is 83.6 Å². The van der Waals surface area contributed by atoms with Crippen LogP contribution in [0.3, 0.4) is 0 Å². The van der Waals surface area contributed by atoms with Crippen LogP contribution in [-0.4, -0.2) is 21.9 Å². The summed E-state index contributed by atoms with van der Waals surface area (Å²) in [4.78, 5) is 0. The summed E-state index contributed by atoms with van der Waals surface area (Å²) in [6.07, 6.45) is 3.49. The van der Waals surface area contributed by atoms with E-state index in [0.29, 0.717) is 0 Å². The molecule has 0 saturated heterocycles. The molecule has 0 fully saturated rings. The average Bonchev–Trinajstić information content (AvgIpc) is 2.15. The number of hydrogen-bond donors (Lipinski definition) is 3. The molecule has 0 radical (unpaired) electrons. The van der Waals surface area contributed by atoms with Crippen LogP contribution >= 0.6 is 0 Å². The monoisotopic (exact) mass is 196 g/mol. The predicted molar refractivity (Wildman–Crippen MR) is 54.4 cm³/mol. The molecule has 1 rings (SSSR count). The Bertz CT molecular complexity index is 284. The van der Waals surface area contributed by atoms with Gasteiger partial charge >= 0.3 is 0 Å². The molecule has 0 bridgehead atoms. The molecule has 0 unspecified atom stereocenters. The molecule has 0 saturated carbocycles. The first-order valence-corrected chi connectivity index (χ1v) is 4.86. The fourth-order valence-electron chi connectivity index (χ4n) is 1.37. The number of rotatable bonds is 5. The van der Waals surface area contributed by atoms with Crippen LogP contribution in [0.15, 0.2) is 18.2 Å².